The second-order valence-electron chi connectivity index (χ2n) is 8.00. The highest BCUT2D eigenvalue weighted by Gasteiger charge is 2.31. The molecule has 3 rings (SSSR count). The van der Waals surface area contributed by atoms with Gasteiger partial charge in [-0.15, -0.1) is 0 Å². The van der Waals surface area contributed by atoms with Gasteiger partial charge in [-0.25, -0.2) is 8.42 Å². The zero-order valence-electron chi connectivity index (χ0n) is 18.2. The monoisotopic (exact) mass is 443 g/mol. The minimum Gasteiger partial charge on any atom is -0.349 e. The molecule has 0 aliphatic carbocycles. The summed E-state index contributed by atoms with van der Waals surface area (Å²) >= 11 is 0. The van der Waals surface area contributed by atoms with E-state index in [9.17, 15) is 18.0 Å². The molecule has 0 saturated carbocycles. The van der Waals surface area contributed by atoms with Gasteiger partial charge in [0.1, 0.15) is 0 Å². The number of hydrogen-bond donors (Lipinski definition) is 1. The summed E-state index contributed by atoms with van der Waals surface area (Å²) in [6.07, 6.45) is 0.169. The van der Waals surface area contributed by atoms with E-state index in [4.69, 9.17) is 0 Å². The Balaban J connectivity index is 1.55. The van der Waals surface area contributed by atoms with E-state index in [0.29, 0.717) is 29.1 Å². The fourth-order valence-corrected chi connectivity index (χ4v) is 5.37. The highest BCUT2D eigenvalue weighted by molar-refractivity contribution is 7.89. The standard InChI is InChI=1S/C23H29N3O4S/c1-17-9-10-18(2)21(15-17)31(29,30)26-13-11-25(12-14-26)22(27)16-19(3)24-23(28)20-7-5-4-6-8-20/h4-10,15,19H,11-14,16H2,1-3H3,(H,24,28). The molecular formula is C23H29N3O4S. The lowest BCUT2D eigenvalue weighted by atomic mass is 10.1. The average molecular weight is 444 g/mol. The first-order valence-electron chi connectivity index (χ1n) is 10.4. The van der Waals surface area contributed by atoms with Gasteiger partial charge < -0.3 is 10.2 Å². The van der Waals surface area contributed by atoms with Crippen LogP contribution < -0.4 is 5.32 Å². The lowest BCUT2D eigenvalue weighted by molar-refractivity contribution is -0.132. The third-order valence-corrected chi connectivity index (χ3v) is 7.49. The molecule has 1 unspecified atom stereocenters. The van der Waals surface area contributed by atoms with Crippen molar-refractivity contribution in [3.05, 3.63) is 65.2 Å². The van der Waals surface area contributed by atoms with E-state index in [0.717, 1.165) is 5.56 Å². The Hall–Kier alpha value is -2.71. The number of benzene rings is 2. The molecule has 2 aromatic rings. The van der Waals surface area contributed by atoms with Crippen LogP contribution in [0.5, 0.6) is 0 Å². The van der Waals surface area contributed by atoms with E-state index in [1.807, 2.05) is 25.1 Å². The molecule has 1 saturated heterocycles. The molecule has 166 valence electrons. The van der Waals surface area contributed by atoms with Gasteiger partial charge in [0.2, 0.25) is 15.9 Å². The van der Waals surface area contributed by atoms with Gasteiger partial charge in [0, 0.05) is 44.2 Å². The second-order valence-corrected chi connectivity index (χ2v) is 9.90. The van der Waals surface area contributed by atoms with Crippen LogP contribution in [0.1, 0.15) is 34.8 Å². The van der Waals surface area contributed by atoms with Crippen LogP contribution in [0.25, 0.3) is 0 Å². The summed E-state index contributed by atoms with van der Waals surface area (Å²) in [4.78, 5) is 26.9. The minimum absolute atomic E-state index is 0.0929. The van der Waals surface area contributed by atoms with Gasteiger partial charge in [-0.1, -0.05) is 30.3 Å². The van der Waals surface area contributed by atoms with Crippen LogP contribution in [0, 0.1) is 13.8 Å². The minimum atomic E-state index is -3.60. The molecule has 0 spiro atoms. The van der Waals surface area contributed by atoms with Gasteiger partial charge in [0.05, 0.1) is 4.90 Å². The Morgan fingerprint density at radius 2 is 1.65 bits per heavy atom. The number of sulfonamides is 1. The van der Waals surface area contributed by atoms with Crippen LogP contribution in [0.15, 0.2) is 53.4 Å². The molecule has 1 atom stereocenters. The summed E-state index contributed by atoms with van der Waals surface area (Å²) in [5.41, 5.74) is 2.16. The summed E-state index contributed by atoms with van der Waals surface area (Å²) in [7, 11) is -3.60. The quantitative estimate of drug-likeness (QED) is 0.743. The number of amides is 2. The third-order valence-electron chi connectivity index (χ3n) is 5.45. The van der Waals surface area contributed by atoms with Crippen LogP contribution in [0.3, 0.4) is 0 Å². The van der Waals surface area contributed by atoms with Gasteiger partial charge in [-0.2, -0.15) is 4.31 Å². The average Bonchev–Trinajstić information content (AvgIpc) is 2.76. The van der Waals surface area contributed by atoms with E-state index in [1.54, 1.807) is 49.1 Å². The molecule has 1 aliphatic rings. The topological polar surface area (TPSA) is 86.8 Å². The largest absolute Gasteiger partial charge is 0.349 e. The van der Waals surface area contributed by atoms with Crippen LogP contribution in [-0.4, -0.2) is 61.7 Å². The smallest absolute Gasteiger partial charge is 0.251 e. The van der Waals surface area contributed by atoms with Crippen molar-refractivity contribution in [3.63, 3.8) is 0 Å². The normalized spacial score (nSPS) is 16.0. The first kappa shape index (κ1) is 23.0. The van der Waals surface area contributed by atoms with Crippen molar-refractivity contribution < 1.29 is 18.0 Å². The van der Waals surface area contributed by atoms with Gasteiger partial charge in [-0.05, 0) is 50.1 Å². The SMILES string of the molecule is Cc1ccc(C)c(S(=O)(=O)N2CCN(C(=O)CC(C)NC(=O)c3ccccc3)CC2)c1. The Morgan fingerprint density at radius 3 is 2.29 bits per heavy atom. The van der Waals surface area contributed by atoms with E-state index in [2.05, 4.69) is 5.32 Å². The zero-order chi connectivity index (χ0) is 22.6. The fraction of sp³-hybridized carbons (Fsp3) is 0.391. The maximum Gasteiger partial charge on any atom is 0.251 e. The molecule has 1 fully saturated rings. The molecule has 1 aliphatic heterocycles. The van der Waals surface area contributed by atoms with Crippen LogP contribution in [-0.2, 0) is 14.8 Å². The number of aryl methyl sites for hydroxylation is 2. The van der Waals surface area contributed by atoms with Gasteiger partial charge in [0.15, 0.2) is 0 Å². The number of rotatable bonds is 6. The maximum atomic E-state index is 13.0. The lowest BCUT2D eigenvalue weighted by Crippen LogP contribution is -2.51. The first-order valence-corrected chi connectivity index (χ1v) is 11.8. The summed E-state index contributed by atoms with van der Waals surface area (Å²) in [5.74, 6) is -0.310. The molecule has 0 aromatic heterocycles. The van der Waals surface area contributed by atoms with Crippen molar-refractivity contribution in [2.75, 3.05) is 26.2 Å². The molecule has 7 nitrogen and oxygen atoms in total. The van der Waals surface area contributed by atoms with Crippen LogP contribution >= 0.6 is 0 Å². The molecule has 1 N–H and O–H groups in total. The van der Waals surface area contributed by atoms with E-state index in [-0.39, 0.29) is 37.4 Å². The second kappa shape index (κ2) is 9.62. The molecule has 2 aromatic carbocycles. The molecule has 1 heterocycles. The third kappa shape index (κ3) is 5.51. The summed E-state index contributed by atoms with van der Waals surface area (Å²) in [6.45, 7) is 6.63. The van der Waals surface area contributed by atoms with Crippen LogP contribution in [0.4, 0.5) is 0 Å². The van der Waals surface area contributed by atoms with Crippen molar-refractivity contribution in [3.8, 4) is 0 Å². The number of nitrogens with one attached hydrogen (secondary N) is 1. The molecule has 31 heavy (non-hydrogen) atoms. The summed E-state index contributed by atoms with van der Waals surface area (Å²) < 4.78 is 27.5. The highest BCUT2D eigenvalue weighted by atomic mass is 32.2. The van der Waals surface area contributed by atoms with Crippen molar-refractivity contribution in [1.82, 2.24) is 14.5 Å². The molecule has 0 radical (unpaired) electrons. The Kier molecular flexibility index (Phi) is 7.12. The van der Waals surface area contributed by atoms with E-state index < -0.39 is 10.0 Å². The molecular weight excluding hydrogens is 414 g/mol. The summed E-state index contributed by atoms with van der Waals surface area (Å²) in [5, 5.41) is 2.84. The van der Waals surface area contributed by atoms with Gasteiger partial charge in [-0.3, -0.25) is 9.59 Å². The zero-order valence-corrected chi connectivity index (χ0v) is 19.0. The lowest BCUT2D eigenvalue weighted by Gasteiger charge is -2.34. The molecule has 8 heteroatoms. The van der Waals surface area contributed by atoms with Gasteiger partial charge in [0.25, 0.3) is 5.91 Å². The highest BCUT2D eigenvalue weighted by Crippen LogP contribution is 2.22. The number of carbonyl (C=O) groups is 2. The number of nitrogens with zero attached hydrogens (tertiary/aromatic N) is 2. The Labute approximate surface area is 184 Å². The molecule has 0 bridgehead atoms. The van der Waals surface area contributed by atoms with E-state index in [1.165, 1.54) is 4.31 Å². The number of piperazine rings is 1. The van der Waals surface area contributed by atoms with E-state index >= 15 is 0 Å². The van der Waals surface area contributed by atoms with Crippen molar-refractivity contribution in [1.29, 1.82) is 0 Å². The Bertz CT molecular complexity index is 1050. The summed E-state index contributed by atoms with van der Waals surface area (Å²) in [6, 6.07) is 13.9. The predicted molar refractivity (Wildman–Crippen MR) is 119 cm³/mol. The van der Waals surface area contributed by atoms with Crippen molar-refractivity contribution >= 4 is 21.8 Å². The predicted octanol–water partition coefficient (Wildman–Crippen LogP) is 2.34. The number of hydrogen-bond acceptors (Lipinski definition) is 4. The van der Waals surface area contributed by atoms with Crippen molar-refractivity contribution in [2.45, 2.75) is 38.1 Å². The Morgan fingerprint density at radius 1 is 1.00 bits per heavy atom. The van der Waals surface area contributed by atoms with Gasteiger partial charge >= 0.3 is 0 Å². The maximum absolute atomic E-state index is 13.0. The van der Waals surface area contributed by atoms with Crippen LogP contribution in [0.2, 0.25) is 0 Å². The van der Waals surface area contributed by atoms with Crippen molar-refractivity contribution in [2.24, 2.45) is 0 Å². The molecule has 2 amide bonds. The fourth-order valence-electron chi connectivity index (χ4n) is 3.64. The number of carbonyl (C=O) groups excluding carboxylic acids is 2. The first-order chi connectivity index (χ1) is 14.7.